The Hall–Kier alpha value is -1.48. The van der Waals surface area contributed by atoms with Gasteiger partial charge in [-0.1, -0.05) is 25.1 Å². The summed E-state index contributed by atoms with van der Waals surface area (Å²) in [6.07, 6.45) is 4.06. The molecule has 15 heavy (non-hydrogen) atoms. The number of benzene rings is 1. The van der Waals surface area contributed by atoms with Gasteiger partial charge < -0.3 is 14.6 Å². The summed E-state index contributed by atoms with van der Waals surface area (Å²) in [5.74, 6) is 1.45. The van der Waals surface area contributed by atoms with E-state index >= 15 is 0 Å². The van der Waals surface area contributed by atoms with Gasteiger partial charge in [-0.3, -0.25) is 0 Å². The number of hydrogen-bond donors (Lipinski definition) is 1. The van der Waals surface area contributed by atoms with E-state index in [4.69, 9.17) is 9.47 Å². The topological polar surface area (TPSA) is 38.7 Å². The monoisotopic (exact) mass is 206 g/mol. The van der Waals surface area contributed by atoms with E-state index in [2.05, 4.69) is 0 Å². The highest BCUT2D eigenvalue weighted by Gasteiger charge is 2.15. The Balaban J connectivity index is 2.19. The van der Waals surface area contributed by atoms with Crippen LogP contribution in [-0.2, 0) is 0 Å². The summed E-state index contributed by atoms with van der Waals surface area (Å²) < 4.78 is 10.4. The zero-order chi connectivity index (χ0) is 10.7. The van der Waals surface area contributed by atoms with Gasteiger partial charge in [-0.2, -0.15) is 0 Å². The van der Waals surface area contributed by atoms with Gasteiger partial charge >= 0.3 is 0 Å². The molecule has 0 amide bonds. The van der Waals surface area contributed by atoms with Crippen molar-refractivity contribution in [3.8, 4) is 11.5 Å². The largest absolute Gasteiger partial charge is 0.454 e. The maximum absolute atomic E-state index is 9.80. The Morgan fingerprint density at radius 3 is 3.00 bits per heavy atom. The van der Waals surface area contributed by atoms with Gasteiger partial charge in [-0.15, -0.1) is 0 Å². The lowest BCUT2D eigenvalue weighted by atomic mass is 10.1. The van der Waals surface area contributed by atoms with Crippen molar-refractivity contribution in [1.29, 1.82) is 0 Å². The number of ether oxygens (including phenoxy) is 2. The minimum Gasteiger partial charge on any atom is -0.454 e. The zero-order valence-corrected chi connectivity index (χ0v) is 8.64. The van der Waals surface area contributed by atoms with Gasteiger partial charge in [0.2, 0.25) is 6.79 Å². The van der Waals surface area contributed by atoms with E-state index in [-0.39, 0.29) is 6.79 Å². The number of aliphatic hydroxyl groups is 1. The molecule has 1 aliphatic rings. The minimum atomic E-state index is -0.570. The van der Waals surface area contributed by atoms with Crippen molar-refractivity contribution in [2.24, 2.45) is 0 Å². The molecule has 0 saturated carbocycles. The molecule has 0 radical (unpaired) electrons. The lowest BCUT2D eigenvalue weighted by molar-refractivity contribution is 0.173. The summed E-state index contributed by atoms with van der Waals surface area (Å²) in [5.41, 5.74) is 0.823. The van der Waals surface area contributed by atoms with Crippen LogP contribution in [0.4, 0.5) is 0 Å². The van der Waals surface area contributed by atoms with Gasteiger partial charge in [0.1, 0.15) is 0 Å². The van der Waals surface area contributed by atoms with Crippen LogP contribution in [0, 0.1) is 0 Å². The van der Waals surface area contributed by atoms with Crippen molar-refractivity contribution in [3.05, 3.63) is 35.9 Å². The van der Waals surface area contributed by atoms with Crippen molar-refractivity contribution in [2.75, 3.05) is 6.79 Å². The molecule has 0 aromatic heterocycles. The van der Waals surface area contributed by atoms with E-state index in [0.717, 1.165) is 17.7 Å². The number of hydrogen-bond acceptors (Lipinski definition) is 3. The zero-order valence-electron chi connectivity index (χ0n) is 8.64. The number of aliphatic hydroxyl groups excluding tert-OH is 1. The van der Waals surface area contributed by atoms with Crippen LogP contribution in [0.2, 0.25) is 0 Å². The summed E-state index contributed by atoms with van der Waals surface area (Å²) in [7, 11) is 0. The number of rotatable bonds is 3. The third-order valence-corrected chi connectivity index (χ3v) is 2.29. The maximum Gasteiger partial charge on any atom is 0.231 e. The molecule has 1 aromatic rings. The summed E-state index contributed by atoms with van der Waals surface area (Å²) in [6, 6.07) is 5.48. The molecule has 3 nitrogen and oxygen atoms in total. The molecule has 1 aliphatic heterocycles. The summed E-state index contributed by atoms with van der Waals surface area (Å²) in [5, 5.41) is 9.80. The maximum atomic E-state index is 9.80. The first-order valence-electron chi connectivity index (χ1n) is 5.05. The molecule has 0 aliphatic carbocycles. The molecule has 0 saturated heterocycles. The highest BCUT2D eigenvalue weighted by atomic mass is 16.7. The van der Waals surface area contributed by atoms with E-state index in [1.807, 2.05) is 31.2 Å². The Morgan fingerprint density at radius 1 is 1.40 bits per heavy atom. The molecule has 0 fully saturated rings. The number of fused-ring (bicyclic) bond motifs is 1. The molecule has 80 valence electrons. The third-order valence-electron chi connectivity index (χ3n) is 2.29. The summed E-state index contributed by atoms with van der Waals surface area (Å²) in [4.78, 5) is 0. The van der Waals surface area contributed by atoms with Crippen LogP contribution < -0.4 is 9.47 Å². The summed E-state index contributed by atoms with van der Waals surface area (Å²) >= 11 is 0. The highest BCUT2D eigenvalue weighted by Crippen LogP contribution is 2.34. The molecule has 0 bridgehead atoms. The first kappa shape index (κ1) is 10.1. The molecule has 2 rings (SSSR count). The highest BCUT2D eigenvalue weighted by molar-refractivity contribution is 5.45. The normalized spacial score (nSPS) is 15.9. The van der Waals surface area contributed by atoms with Crippen molar-refractivity contribution in [1.82, 2.24) is 0 Å². The van der Waals surface area contributed by atoms with Crippen LogP contribution >= 0.6 is 0 Å². The molecule has 1 heterocycles. The first-order chi connectivity index (χ1) is 7.31. The van der Waals surface area contributed by atoms with Gasteiger partial charge in [0.25, 0.3) is 0 Å². The molecule has 3 heteroatoms. The average Bonchev–Trinajstić information content (AvgIpc) is 2.72. The Kier molecular flexibility index (Phi) is 2.92. The standard InChI is InChI=1S/C12H14O3/c1-2-3-4-10(13)9-5-6-11-12(7-9)15-8-14-11/h3-7,10,13H,2,8H2,1H3/b4-3+. The lowest BCUT2D eigenvalue weighted by Gasteiger charge is -2.06. The van der Waals surface area contributed by atoms with Crippen molar-refractivity contribution >= 4 is 0 Å². The van der Waals surface area contributed by atoms with Gasteiger partial charge in [-0.25, -0.2) is 0 Å². The molecule has 1 atom stereocenters. The van der Waals surface area contributed by atoms with Crippen LogP contribution in [0.3, 0.4) is 0 Å². The second-order valence-electron chi connectivity index (χ2n) is 3.39. The van der Waals surface area contributed by atoms with E-state index in [9.17, 15) is 5.11 Å². The van der Waals surface area contributed by atoms with Gasteiger partial charge in [0, 0.05) is 0 Å². The van der Waals surface area contributed by atoms with Crippen molar-refractivity contribution < 1.29 is 14.6 Å². The molecule has 1 N–H and O–H groups in total. The fourth-order valence-electron chi connectivity index (χ4n) is 1.47. The number of allylic oxidation sites excluding steroid dienone is 1. The average molecular weight is 206 g/mol. The lowest BCUT2D eigenvalue weighted by Crippen LogP contribution is -1.93. The fourth-order valence-corrected chi connectivity index (χ4v) is 1.47. The van der Waals surface area contributed by atoms with Crippen LogP contribution in [0.15, 0.2) is 30.4 Å². The second-order valence-corrected chi connectivity index (χ2v) is 3.39. The molecule has 1 unspecified atom stereocenters. The van der Waals surface area contributed by atoms with Crippen molar-refractivity contribution in [2.45, 2.75) is 19.4 Å². The predicted molar refractivity (Wildman–Crippen MR) is 57.0 cm³/mol. The van der Waals surface area contributed by atoms with E-state index in [1.165, 1.54) is 0 Å². The van der Waals surface area contributed by atoms with Crippen LogP contribution in [0.5, 0.6) is 11.5 Å². The Morgan fingerprint density at radius 2 is 2.20 bits per heavy atom. The predicted octanol–water partition coefficient (Wildman–Crippen LogP) is 2.41. The van der Waals surface area contributed by atoms with E-state index < -0.39 is 6.10 Å². The van der Waals surface area contributed by atoms with Crippen LogP contribution in [0.1, 0.15) is 25.0 Å². The molecule has 0 spiro atoms. The summed E-state index contributed by atoms with van der Waals surface area (Å²) in [6.45, 7) is 2.29. The molecular weight excluding hydrogens is 192 g/mol. The SMILES string of the molecule is CC/C=C/C(O)c1ccc2c(c1)OCO2. The quantitative estimate of drug-likeness (QED) is 0.772. The minimum absolute atomic E-state index is 0.264. The first-order valence-corrected chi connectivity index (χ1v) is 5.05. The van der Waals surface area contributed by atoms with E-state index in [0.29, 0.717) is 5.75 Å². The molecule has 1 aromatic carbocycles. The van der Waals surface area contributed by atoms with Gasteiger partial charge in [0.15, 0.2) is 11.5 Å². The smallest absolute Gasteiger partial charge is 0.231 e. The fraction of sp³-hybridized carbons (Fsp3) is 0.333. The van der Waals surface area contributed by atoms with Gasteiger partial charge in [-0.05, 0) is 24.1 Å². The van der Waals surface area contributed by atoms with Crippen LogP contribution in [0.25, 0.3) is 0 Å². The van der Waals surface area contributed by atoms with Gasteiger partial charge in [0.05, 0.1) is 6.10 Å². The Labute approximate surface area is 88.9 Å². The second kappa shape index (κ2) is 4.36. The van der Waals surface area contributed by atoms with Crippen LogP contribution in [-0.4, -0.2) is 11.9 Å². The molecular formula is C12H14O3. The Bertz CT molecular complexity index is 371. The van der Waals surface area contributed by atoms with E-state index in [1.54, 1.807) is 6.08 Å². The third kappa shape index (κ3) is 2.13. The van der Waals surface area contributed by atoms with Crippen molar-refractivity contribution in [3.63, 3.8) is 0 Å².